The van der Waals surface area contributed by atoms with E-state index < -0.39 is 10.0 Å². The van der Waals surface area contributed by atoms with E-state index in [1.807, 2.05) is 13.0 Å². The molecular formula is C21H25FN2O3S2. The first-order valence-electron chi connectivity index (χ1n) is 9.51. The summed E-state index contributed by atoms with van der Waals surface area (Å²) in [7, 11) is -3.57. The molecule has 1 heterocycles. The van der Waals surface area contributed by atoms with E-state index in [-0.39, 0.29) is 24.8 Å². The minimum Gasteiger partial charge on any atom is -0.340 e. The van der Waals surface area contributed by atoms with Gasteiger partial charge in [0.15, 0.2) is 0 Å². The average Bonchev–Trinajstić information content (AvgIpc) is 2.69. The van der Waals surface area contributed by atoms with E-state index in [9.17, 15) is 17.6 Å². The zero-order valence-electron chi connectivity index (χ0n) is 16.6. The zero-order chi connectivity index (χ0) is 21.0. The molecule has 1 aliphatic rings. The van der Waals surface area contributed by atoms with Crippen LogP contribution in [0.1, 0.15) is 17.5 Å². The number of carbonyl (C=O) groups excluding carboxylic acids is 1. The lowest BCUT2D eigenvalue weighted by molar-refractivity contribution is -0.131. The van der Waals surface area contributed by atoms with Crippen molar-refractivity contribution in [2.24, 2.45) is 0 Å². The van der Waals surface area contributed by atoms with Crippen molar-refractivity contribution >= 4 is 27.7 Å². The summed E-state index contributed by atoms with van der Waals surface area (Å²) in [6.45, 7) is 5.02. The lowest BCUT2D eigenvalue weighted by Crippen LogP contribution is -2.50. The highest BCUT2D eigenvalue weighted by atomic mass is 32.2. The fourth-order valence-corrected chi connectivity index (χ4v) is 5.88. The molecule has 2 aromatic rings. The molecule has 2 aromatic carbocycles. The maximum atomic E-state index is 13.6. The first kappa shape index (κ1) is 21.8. The highest BCUT2D eigenvalue weighted by molar-refractivity contribution is 7.99. The van der Waals surface area contributed by atoms with E-state index in [1.54, 1.807) is 42.2 Å². The third-order valence-electron chi connectivity index (χ3n) is 4.95. The van der Waals surface area contributed by atoms with Crippen molar-refractivity contribution in [1.82, 2.24) is 9.21 Å². The molecule has 0 bridgehead atoms. The molecular weight excluding hydrogens is 411 g/mol. The first-order chi connectivity index (χ1) is 13.8. The number of hydrogen-bond acceptors (Lipinski definition) is 4. The van der Waals surface area contributed by atoms with Gasteiger partial charge in [-0.25, -0.2) is 12.8 Å². The molecule has 8 heteroatoms. The number of benzene rings is 2. The fourth-order valence-electron chi connectivity index (χ4n) is 3.37. The Hall–Kier alpha value is -1.90. The molecule has 156 valence electrons. The third-order valence-corrected chi connectivity index (χ3v) is 8.06. The van der Waals surface area contributed by atoms with Crippen molar-refractivity contribution in [3.63, 3.8) is 0 Å². The summed E-state index contributed by atoms with van der Waals surface area (Å²) in [5.41, 5.74) is 1.75. The molecule has 1 saturated heterocycles. The second-order valence-corrected chi connectivity index (χ2v) is 10.1. The third kappa shape index (κ3) is 5.18. The predicted octanol–water partition coefficient (Wildman–Crippen LogP) is 3.46. The molecule has 5 nitrogen and oxygen atoms in total. The summed E-state index contributed by atoms with van der Waals surface area (Å²) >= 11 is 1.32. The molecule has 1 amide bonds. The number of amides is 1. The molecule has 29 heavy (non-hydrogen) atoms. The van der Waals surface area contributed by atoms with Crippen LogP contribution in [0.15, 0.2) is 52.3 Å². The van der Waals surface area contributed by atoms with E-state index in [4.69, 9.17) is 0 Å². The van der Waals surface area contributed by atoms with Gasteiger partial charge in [-0.3, -0.25) is 4.79 Å². The highest BCUT2D eigenvalue weighted by Gasteiger charge is 2.30. The van der Waals surface area contributed by atoms with Gasteiger partial charge in [0.05, 0.1) is 4.90 Å². The minimum absolute atomic E-state index is 0.0302. The monoisotopic (exact) mass is 436 g/mol. The summed E-state index contributed by atoms with van der Waals surface area (Å²) in [5, 5.41) is 0. The van der Waals surface area contributed by atoms with Crippen molar-refractivity contribution in [3.05, 3.63) is 59.4 Å². The van der Waals surface area contributed by atoms with Crippen LogP contribution in [0.5, 0.6) is 0 Å². The smallest absolute Gasteiger partial charge is 0.243 e. The Morgan fingerprint density at radius 1 is 1.07 bits per heavy atom. The maximum Gasteiger partial charge on any atom is 0.243 e. The molecule has 0 saturated carbocycles. The number of thioether (sulfide) groups is 1. The Labute approximate surface area is 175 Å². The summed E-state index contributed by atoms with van der Waals surface area (Å²) in [6.07, 6.45) is 0.294. The molecule has 1 aliphatic heterocycles. The molecule has 0 aliphatic carbocycles. The Morgan fingerprint density at radius 2 is 1.76 bits per heavy atom. The van der Waals surface area contributed by atoms with Crippen LogP contribution in [0.4, 0.5) is 4.39 Å². The van der Waals surface area contributed by atoms with Crippen molar-refractivity contribution < 1.29 is 17.6 Å². The topological polar surface area (TPSA) is 57.7 Å². The van der Waals surface area contributed by atoms with Crippen LogP contribution in [0.3, 0.4) is 0 Å². The second-order valence-electron chi connectivity index (χ2n) is 7.08. The van der Waals surface area contributed by atoms with Crippen LogP contribution >= 0.6 is 11.8 Å². The molecule has 0 atom stereocenters. The average molecular weight is 437 g/mol. The summed E-state index contributed by atoms with van der Waals surface area (Å²) in [6, 6.07) is 11.8. The van der Waals surface area contributed by atoms with Gasteiger partial charge in [0.25, 0.3) is 0 Å². The number of aryl methyl sites for hydroxylation is 2. The molecule has 3 rings (SSSR count). The Bertz CT molecular complexity index is 987. The molecule has 0 N–H and O–H groups in total. The van der Waals surface area contributed by atoms with Crippen LogP contribution in [0.25, 0.3) is 0 Å². The van der Waals surface area contributed by atoms with Gasteiger partial charge in [0, 0.05) is 43.2 Å². The van der Waals surface area contributed by atoms with Crippen LogP contribution < -0.4 is 0 Å². The quantitative estimate of drug-likeness (QED) is 0.651. The molecule has 0 spiro atoms. The van der Waals surface area contributed by atoms with Gasteiger partial charge in [-0.05, 0) is 37.6 Å². The van der Waals surface area contributed by atoms with Crippen molar-refractivity contribution in [3.8, 4) is 0 Å². The van der Waals surface area contributed by atoms with Gasteiger partial charge in [-0.15, -0.1) is 11.8 Å². The van der Waals surface area contributed by atoms with Gasteiger partial charge in [0.2, 0.25) is 15.9 Å². The maximum absolute atomic E-state index is 13.6. The van der Waals surface area contributed by atoms with Crippen LogP contribution in [-0.4, -0.2) is 55.5 Å². The van der Waals surface area contributed by atoms with Crippen LogP contribution in [0.2, 0.25) is 0 Å². The molecule has 1 fully saturated rings. The van der Waals surface area contributed by atoms with Crippen molar-refractivity contribution in [2.75, 3.05) is 31.9 Å². The number of rotatable bonds is 6. The first-order valence-corrected chi connectivity index (χ1v) is 11.9. The van der Waals surface area contributed by atoms with Gasteiger partial charge in [-0.2, -0.15) is 4.31 Å². The summed E-state index contributed by atoms with van der Waals surface area (Å²) in [4.78, 5) is 15.0. The largest absolute Gasteiger partial charge is 0.340 e. The number of hydrogen-bond donors (Lipinski definition) is 0. The van der Waals surface area contributed by atoms with Gasteiger partial charge >= 0.3 is 0 Å². The summed E-state index contributed by atoms with van der Waals surface area (Å²) < 4.78 is 41.0. The molecule has 0 aromatic heterocycles. The number of piperazine rings is 1. The van der Waals surface area contributed by atoms with Gasteiger partial charge in [0.1, 0.15) is 5.82 Å². The summed E-state index contributed by atoms with van der Waals surface area (Å²) in [5.74, 6) is 0.175. The SMILES string of the molecule is Cc1ccc(S(=O)(=O)N2CCN(C(=O)CCSc3ccccc3F)CC2)c(C)c1. The second kappa shape index (κ2) is 9.28. The van der Waals surface area contributed by atoms with E-state index in [1.165, 1.54) is 22.1 Å². The number of sulfonamides is 1. The predicted molar refractivity (Wildman–Crippen MR) is 113 cm³/mol. The van der Waals surface area contributed by atoms with E-state index >= 15 is 0 Å². The lowest BCUT2D eigenvalue weighted by atomic mass is 10.2. The minimum atomic E-state index is -3.57. The normalized spacial score (nSPS) is 15.5. The van der Waals surface area contributed by atoms with Crippen molar-refractivity contribution in [1.29, 1.82) is 0 Å². The Morgan fingerprint density at radius 3 is 2.41 bits per heavy atom. The van der Waals surface area contributed by atoms with E-state index in [0.717, 1.165) is 11.1 Å². The van der Waals surface area contributed by atoms with E-state index in [2.05, 4.69) is 0 Å². The van der Waals surface area contributed by atoms with Crippen LogP contribution in [0, 0.1) is 19.7 Å². The number of carbonyl (C=O) groups is 1. The van der Waals surface area contributed by atoms with Crippen molar-refractivity contribution in [2.45, 2.75) is 30.1 Å². The lowest BCUT2D eigenvalue weighted by Gasteiger charge is -2.34. The zero-order valence-corrected chi connectivity index (χ0v) is 18.2. The van der Waals surface area contributed by atoms with E-state index in [0.29, 0.717) is 35.1 Å². The number of halogens is 1. The molecule has 0 unspecified atom stereocenters. The Balaban J connectivity index is 1.53. The standard InChI is InChI=1S/C21H25FN2O3S2/c1-16-7-8-20(17(2)15-16)29(26,27)24-12-10-23(11-13-24)21(25)9-14-28-19-6-4-3-5-18(19)22/h3-8,15H,9-14H2,1-2H3. The fraction of sp³-hybridized carbons (Fsp3) is 0.381. The molecule has 0 radical (unpaired) electrons. The van der Waals surface area contributed by atoms with Gasteiger partial charge in [-0.1, -0.05) is 29.8 Å². The number of nitrogens with zero attached hydrogens (tertiary/aromatic N) is 2. The Kier molecular flexibility index (Phi) is 6.97. The highest BCUT2D eigenvalue weighted by Crippen LogP contribution is 2.24. The van der Waals surface area contributed by atoms with Gasteiger partial charge < -0.3 is 4.90 Å². The van der Waals surface area contributed by atoms with Crippen LogP contribution in [-0.2, 0) is 14.8 Å².